The quantitative estimate of drug-likeness (QED) is 0.409. The molecule has 0 bridgehead atoms. The number of rotatable bonds is 0. The van der Waals surface area contributed by atoms with Gasteiger partial charge in [0.25, 0.3) is 0 Å². The summed E-state index contributed by atoms with van der Waals surface area (Å²) in [6, 6.07) is 0.714. The molecule has 0 atom stereocenters. The smallest absolute Gasteiger partial charge is 0.417 e. The average molecular weight is 264 g/mol. The van der Waals surface area contributed by atoms with Gasteiger partial charge in [-0.05, 0) is 6.07 Å². The van der Waals surface area contributed by atoms with Crippen molar-refractivity contribution >= 4 is 17.6 Å². The normalized spacial score (nSPS) is 10.4. The van der Waals surface area contributed by atoms with Gasteiger partial charge in [-0.2, -0.15) is 13.2 Å². The molecule has 0 saturated heterocycles. The fourth-order valence-corrected chi connectivity index (χ4v) is 1.01. The van der Waals surface area contributed by atoms with Crippen molar-refractivity contribution in [1.82, 2.24) is 4.98 Å². The van der Waals surface area contributed by atoms with Crippen LogP contribution >= 0.6 is 11.6 Å². The summed E-state index contributed by atoms with van der Waals surface area (Å²) >= 11 is 5.54. The van der Waals surface area contributed by atoms with Crippen molar-refractivity contribution in [3.8, 4) is 11.8 Å². The fraction of sp³-hybridized carbons (Fsp3) is 0.200. The second-order valence-electron chi connectivity index (χ2n) is 2.80. The molecule has 3 nitrogen and oxygen atoms in total. The van der Waals surface area contributed by atoms with Gasteiger partial charge in [-0.25, -0.2) is 9.78 Å². The summed E-state index contributed by atoms with van der Waals surface area (Å²) in [5.74, 6) is 3.25. The fourth-order valence-electron chi connectivity index (χ4n) is 0.860. The Labute approximate surface area is 99.5 Å². The number of carbonyl (C=O) groups excluding carboxylic acids is 1. The van der Waals surface area contributed by atoms with E-state index in [0.29, 0.717) is 12.3 Å². The van der Waals surface area contributed by atoms with E-state index < -0.39 is 17.7 Å². The molecule has 0 aliphatic carbocycles. The van der Waals surface area contributed by atoms with Crippen LogP contribution in [-0.2, 0) is 15.7 Å². The maximum absolute atomic E-state index is 12.3. The van der Waals surface area contributed by atoms with Gasteiger partial charge in [-0.1, -0.05) is 17.5 Å². The maximum Gasteiger partial charge on any atom is 0.417 e. The van der Waals surface area contributed by atoms with E-state index >= 15 is 0 Å². The summed E-state index contributed by atoms with van der Waals surface area (Å²) in [6.07, 6.45) is -3.95. The zero-order valence-corrected chi connectivity index (χ0v) is 9.19. The number of nitrogens with zero attached hydrogens (tertiary/aromatic N) is 1. The first kappa shape index (κ1) is 13.3. The monoisotopic (exact) mass is 263 g/mol. The zero-order valence-electron chi connectivity index (χ0n) is 8.43. The van der Waals surface area contributed by atoms with Crippen molar-refractivity contribution in [3.63, 3.8) is 0 Å². The Morgan fingerprint density at radius 2 is 2.18 bits per heavy atom. The molecule has 0 aliphatic heterocycles. The van der Waals surface area contributed by atoms with E-state index in [1.165, 1.54) is 0 Å². The Balaban J connectivity index is 3.15. The van der Waals surface area contributed by atoms with E-state index in [9.17, 15) is 18.0 Å². The number of hydrogen-bond acceptors (Lipinski definition) is 3. The minimum atomic E-state index is -4.54. The summed E-state index contributed by atoms with van der Waals surface area (Å²) < 4.78 is 41.2. The summed E-state index contributed by atoms with van der Waals surface area (Å²) in [6.45, 7) is 0. The highest BCUT2D eigenvalue weighted by atomic mass is 35.5. The average Bonchev–Trinajstić information content (AvgIpc) is 2.26. The number of ether oxygens (including phenoxy) is 1. The Bertz CT molecular complexity index is 502. The minimum absolute atomic E-state index is 0.188. The molecule has 1 aromatic heterocycles. The van der Waals surface area contributed by atoms with E-state index in [2.05, 4.69) is 15.6 Å². The van der Waals surface area contributed by atoms with Gasteiger partial charge < -0.3 is 4.74 Å². The molecule has 0 aromatic carbocycles. The number of aromatic nitrogens is 1. The number of alkyl halides is 3. The van der Waals surface area contributed by atoms with Crippen molar-refractivity contribution in [1.29, 1.82) is 0 Å². The first-order valence-electron chi connectivity index (χ1n) is 4.17. The molecule has 0 spiro atoms. The lowest BCUT2D eigenvalue weighted by Crippen LogP contribution is -2.06. The zero-order chi connectivity index (χ0) is 13.1. The highest BCUT2D eigenvalue weighted by Gasteiger charge is 2.31. The van der Waals surface area contributed by atoms with Crippen molar-refractivity contribution in [2.24, 2.45) is 0 Å². The molecule has 90 valence electrons. The highest BCUT2D eigenvalue weighted by molar-refractivity contribution is 6.30. The molecule has 17 heavy (non-hydrogen) atoms. The van der Waals surface area contributed by atoms with E-state index in [0.717, 1.165) is 7.11 Å². The van der Waals surface area contributed by atoms with Crippen LogP contribution in [0.5, 0.6) is 0 Å². The summed E-state index contributed by atoms with van der Waals surface area (Å²) in [5.41, 5.74) is -1.18. The summed E-state index contributed by atoms with van der Waals surface area (Å²) in [4.78, 5) is 14.0. The Kier molecular flexibility index (Phi) is 3.97. The molecule has 0 N–H and O–H groups in total. The third-order valence-corrected chi connectivity index (χ3v) is 1.95. The van der Waals surface area contributed by atoms with E-state index in [1.54, 1.807) is 0 Å². The molecule has 0 aliphatic rings. The maximum atomic E-state index is 12.3. The van der Waals surface area contributed by atoms with Gasteiger partial charge in [0.1, 0.15) is 5.15 Å². The van der Waals surface area contributed by atoms with Crippen LogP contribution in [0.2, 0.25) is 5.15 Å². The molecule has 1 aromatic rings. The molecule has 0 unspecified atom stereocenters. The second-order valence-corrected chi connectivity index (χ2v) is 3.16. The summed E-state index contributed by atoms with van der Waals surface area (Å²) in [7, 11) is 1.10. The van der Waals surface area contributed by atoms with Gasteiger partial charge in [0.05, 0.1) is 18.2 Å². The lowest BCUT2D eigenvalue weighted by Gasteiger charge is -2.06. The number of carbonyl (C=O) groups is 1. The molecule has 1 rings (SSSR count). The van der Waals surface area contributed by atoms with Crippen LogP contribution in [0, 0.1) is 11.8 Å². The van der Waals surface area contributed by atoms with Crippen LogP contribution in [0.4, 0.5) is 13.2 Å². The molecule has 7 heteroatoms. The molecule has 0 fully saturated rings. The highest BCUT2D eigenvalue weighted by Crippen LogP contribution is 2.30. The van der Waals surface area contributed by atoms with Crippen LogP contribution in [0.1, 0.15) is 11.1 Å². The van der Waals surface area contributed by atoms with E-state index in [4.69, 9.17) is 11.6 Å². The molecular formula is C10H5ClF3NO2. The van der Waals surface area contributed by atoms with Crippen LogP contribution in [0.25, 0.3) is 0 Å². The van der Waals surface area contributed by atoms with E-state index in [1.807, 2.05) is 5.92 Å². The van der Waals surface area contributed by atoms with Crippen LogP contribution < -0.4 is 0 Å². The van der Waals surface area contributed by atoms with Crippen molar-refractivity contribution in [2.45, 2.75) is 6.18 Å². The number of hydrogen-bond donors (Lipinski definition) is 0. The SMILES string of the molecule is COC(=O)C#Cc1cc(C(F)(F)F)cnc1Cl. The van der Waals surface area contributed by atoms with Crippen LogP contribution in [-0.4, -0.2) is 18.1 Å². The predicted molar refractivity (Wildman–Crippen MR) is 53.1 cm³/mol. The van der Waals surface area contributed by atoms with Crippen LogP contribution in [0.15, 0.2) is 12.3 Å². The lowest BCUT2D eigenvalue weighted by atomic mass is 10.2. The number of esters is 1. The van der Waals surface area contributed by atoms with E-state index in [-0.39, 0.29) is 10.7 Å². The number of methoxy groups -OCH3 is 1. The van der Waals surface area contributed by atoms with Gasteiger partial charge >= 0.3 is 12.1 Å². The molecule has 0 amide bonds. The molecule has 0 saturated carbocycles. The Morgan fingerprint density at radius 3 is 2.71 bits per heavy atom. The molecular weight excluding hydrogens is 259 g/mol. The Hall–Kier alpha value is -1.74. The second kappa shape index (κ2) is 5.06. The van der Waals surface area contributed by atoms with Gasteiger partial charge in [0.15, 0.2) is 0 Å². The third kappa shape index (κ3) is 3.64. The van der Waals surface area contributed by atoms with Gasteiger partial charge in [0.2, 0.25) is 0 Å². The third-order valence-electron chi connectivity index (χ3n) is 1.65. The topological polar surface area (TPSA) is 39.2 Å². The van der Waals surface area contributed by atoms with Crippen molar-refractivity contribution in [3.05, 3.63) is 28.5 Å². The standard InChI is InChI=1S/C10H5ClF3NO2/c1-17-8(16)3-2-6-4-7(10(12,13)14)5-15-9(6)11/h4-5H,1H3. The van der Waals surface area contributed by atoms with Gasteiger partial charge in [-0.15, -0.1) is 0 Å². The molecule has 1 heterocycles. The first-order valence-corrected chi connectivity index (χ1v) is 4.55. The predicted octanol–water partition coefficient (Wildman–Crippen LogP) is 2.28. The van der Waals surface area contributed by atoms with Crippen LogP contribution in [0.3, 0.4) is 0 Å². The summed E-state index contributed by atoms with van der Waals surface area (Å²) in [5, 5.41) is -0.214. The number of halogens is 4. The van der Waals surface area contributed by atoms with Gasteiger partial charge in [0, 0.05) is 12.1 Å². The van der Waals surface area contributed by atoms with Crippen molar-refractivity contribution in [2.75, 3.05) is 7.11 Å². The first-order chi connectivity index (χ1) is 7.84. The van der Waals surface area contributed by atoms with Crippen molar-refractivity contribution < 1.29 is 22.7 Å². The number of pyridine rings is 1. The minimum Gasteiger partial charge on any atom is -0.459 e. The largest absolute Gasteiger partial charge is 0.459 e. The van der Waals surface area contributed by atoms with Gasteiger partial charge in [-0.3, -0.25) is 0 Å². The lowest BCUT2D eigenvalue weighted by molar-refractivity contribution is -0.138. The Morgan fingerprint density at radius 1 is 1.53 bits per heavy atom. The molecule has 0 radical (unpaired) electrons.